The van der Waals surface area contributed by atoms with Crippen LogP contribution in [0.25, 0.3) is 0 Å². The zero-order chi connectivity index (χ0) is 16.2. The number of carbonyl (C=O) groups is 2. The van der Waals surface area contributed by atoms with Gasteiger partial charge in [-0.15, -0.1) is 0 Å². The number of carboxylic acid groups (broad SMARTS) is 1. The first kappa shape index (κ1) is 16.8. The molecular formula is C15H23N3O3. The molecule has 1 rings (SSSR count). The number of nitrogens with one attached hydrogen (secondary N) is 1. The van der Waals surface area contributed by atoms with Crippen molar-refractivity contribution in [2.24, 2.45) is 0 Å². The van der Waals surface area contributed by atoms with Crippen LogP contribution in [0.5, 0.6) is 0 Å². The van der Waals surface area contributed by atoms with Crippen molar-refractivity contribution < 1.29 is 14.7 Å². The fourth-order valence-electron chi connectivity index (χ4n) is 2.18. The third kappa shape index (κ3) is 3.87. The summed E-state index contributed by atoms with van der Waals surface area (Å²) in [4.78, 5) is 25.1. The lowest BCUT2D eigenvalue weighted by atomic mass is 10.1. The SMILES string of the molecule is CCN(CC)C(=O)C(C)Nc1cc(C)c(N)c(C(=O)O)c1. The van der Waals surface area contributed by atoms with Crippen LogP contribution in [0.1, 0.15) is 36.7 Å². The van der Waals surface area contributed by atoms with E-state index in [2.05, 4.69) is 5.32 Å². The number of carboxylic acids is 1. The van der Waals surface area contributed by atoms with Gasteiger partial charge in [-0.05, 0) is 45.4 Å². The van der Waals surface area contributed by atoms with Crippen LogP contribution in [0, 0.1) is 6.92 Å². The molecule has 1 atom stereocenters. The molecule has 0 aliphatic carbocycles. The summed E-state index contributed by atoms with van der Waals surface area (Å²) in [6, 6.07) is 2.76. The molecule has 1 unspecified atom stereocenters. The molecule has 1 aromatic carbocycles. The van der Waals surface area contributed by atoms with Crippen LogP contribution in [-0.4, -0.2) is 41.0 Å². The van der Waals surface area contributed by atoms with Crippen molar-refractivity contribution in [2.75, 3.05) is 24.1 Å². The molecular weight excluding hydrogens is 270 g/mol. The number of likely N-dealkylation sites (N-methyl/N-ethyl adjacent to an activating group) is 1. The number of aromatic carboxylic acids is 1. The summed E-state index contributed by atoms with van der Waals surface area (Å²) >= 11 is 0. The molecule has 0 radical (unpaired) electrons. The number of anilines is 2. The van der Waals surface area contributed by atoms with Gasteiger partial charge in [0.25, 0.3) is 0 Å². The second-order valence-electron chi connectivity index (χ2n) is 4.94. The summed E-state index contributed by atoms with van der Waals surface area (Å²) in [6.45, 7) is 8.62. The van der Waals surface area contributed by atoms with Crippen molar-refractivity contribution in [1.82, 2.24) is 4.90 Å². The van der Waals surface area contributed by atoms with Gasteiger partial charge in [-0.3, -0.25) is 4.79 Å². The molecule has 4 N–H and O–H groups in total. The topological polar surface area (TPSA) is 95.7 Å². The van der Waals surface area contributed by atoms with Gasteiger partial charge in [-0.2, -0.15) is 0 Å². The third-order valence-electron chi connectivity index (χ3n) is 3.45. The number of carbonyl (C=O) groups excluding carboxylic acids is 1. The minimum atomic E-state index is -1.08. The highest BCUT2D eigenvalue weighted by molar-refractivity contribution is 5.96. The average molecular weight is 293 g/mol. The van der Waals surface area contributed by atoms with Crippen LogP contribution in [0.15, 0.2) is 12.1 Å². The second-order valence-corrected chi connectivity index (χ2v) is 4.94. The Bertz CT molecular complexity index is 539. The van der Waals surface area contributed by atoms with Gasteiger partial charge in [0.15, 0.2) is 0 Å². The number of aryl methyl sites for hydroxylation is 1. The van der Waals surface area contributed by atoms with Crippen molar-refractivity contribution in [3.8, 4) is 0 Å². The van der Waals surface area contributed by atoms with Gasteiger partial charge >= 0.3 is 5.97 Å². The van der Waals surface area contributed by atoms with Crippen molar-refractivity contribution in [1.29, 1.82) is 0 Å². The summed E-state index contributed by atoms with van der Waals surface area (Å²) in [5.74, 6) is -1.10. The molecule has 116 valence electrons. The van der Waals surface area contributed by atoms with E-state index in [0.29, 0.717) is 24.3 Å². The van der Waals surface area contributed by atoms with E-state index < -0.39 is 12.0 Å². The second kappa shape index (κ2) is 6.97. The van der Waals surface area contributed by atoms with E-state index in [4.69, 9.17) is 10.8 Å². The summed E-state index contributed by atoms with van der Waals surface area (Å²) in [7, 11) is 0. The number of rotatable bonds is 6. The monoisotopic (exact) mass is 293 g/mol. The molecule has 0 saturated carbocycles. The van der Waals surface area contributed by atoms with Crippen molar-refractivity contribution in [3.63, 3.8) is 0 Å². The summed E-state index contributed by atoms with van der Waals surface area (Å²) in [6.07, 6.45) is 0. The van der Waals surface area contributed by atoms with Gasteiger partial charge in [0.1, 0.15) is 6.04 Å². The Kier molecular flexibility index (Phi) is 5.58. The van der Waals surface area contributed by atoms with Gasteiger partial charge in [-0.25, -0.2) is 4.79 Å². The van der Waals surface area contributed by atoms with Crippen molar-refractivity contribution >= 4 is 23.3 Å². The van der Waals surface area contributed by atoms with E-state index >= 15 is 0 Å². The zero-order valence-electron chi connectivity index (χ0n) is 12.9. The predicted molar refractivity (Wildman–Crippen MR) is 83.6 cm³/mol. The quantitative estimate of drug-likeness (QED) is 0.697. The standard InChI is InChI=1S/C15H23N3O3/c1-5-18(6-2)14(19)10(4)17-11-7-9(3)13(16)12(8-11)15(20)21/h7-8,10,17H,5-6,16H2,1-4H3,(H,20,21). The molecule has 0 heterocycles. The molecule has 0 bridgehead atoms. The Labute approximate surface area is 124 Å². The molecule has 0 saturated heterocycles. The van der Waals surface area contributed by atoms with Crippen LogP contribution in [0.2, 0.25) is 0 Å². The first-order valence-electron chi connectivity index (χ1n) is 7.00. The lowest BCUT2D eigenvalue weighted by Crippen LogP contribution is -2.41. The Morgan fingerprint density at radius 3 is 2.38 bits per heavy atom. The fourth-order valence-corrected chi connectivity index (χ4v) is 2.18. The van der Waals surface area contributed by atoms with Crippen LogP contribution >= 0.6 is 0 Å². The molecule has 6 heteroatoms. The summed E-state index contributed by atoms with van der Waals surface area (Å²) in [5, 5.41) is 12.2. The third-order valence-corrected chi connectivity index (χ3v) is 3.45. The highest BCUT2D eigenvalue weighted by Crippen LogP contribution is 2.23. The molecule has 1 amide bonds. The first-order valence-corrected chi connectivity index (χ1v) is 7.00. The maximum atomic E-state index is 12.2. The van der Waals surface area contributed by atoms with Gasteiger partial charge in [0, 0.05) is 24.5 Å². The Balaban J connectivity index is 2.98. The van der Waals surface area contributed by atoms with Crippen molar-refractivity contribution in [2.45, 2.75) is 33.7 Å². The maximum absolute atomic E-state index is 12.2. The molecule has 0 aliphatic rings. The van der Waals surface area contributed by atoms with Gasteiger partial charge in [0.05, 0.1) is 5.56 Å². The predicted octanol–water partition coefficient (Wildman–Crippen LogP) is 1.94. The van der Waals surface area contributed by atoms with Gasteiger partial charge in [0.2, 0.25) is 5.91 Å². The van der Waals surface area contributed by atoms with E-state index in [1.165, 1.54) is 6.07 Å². The first-order chi connectivity index (χ1) is 9.81. The molecule has 0 fully saturated rings. The molecule has 21 heavy (non-hydrogen) atoms. The van der Waals surface area contributed by atoms with Crippen LogP contribution in [0.3, 0.4) is 0 Å². The number of nitrogens with two attached hydrogens (primary N) is 1. The largest absolute Gasteiger partial charge is 0.478 e. The van der Waals surface area contributed by atoms with Crippen LogP contribution < -0.4 is 11.1 Å². The van der Waals surface area contributed by atoms with Crippen molar-refractivity contribution in [3.05, 3.63) is 23.3 Å². The lowest BCUT2D eigenvalue weighted by molar-refractivity contribution is -0.131. The number of hydrogen-bond donors (Lipinski definition) is 3. The number of benzene rings is 1. The number of hydrogen-bond acceptors (Lipinski definition) is 4. The summed E-state index contributed by atoms with van der Waals surface area (Å²) in [5.41, 5.74) is 7.28. The fraction of sp³-hybridized carbons (Fsp3) is 0.467. The minimum Gasteiger partial charge on any atom is -0.478 e. The molecule has 0 aromatic heterocycles. The summed E-state index contributed by atoms with van der Waals surface area (Å²) < 4.78 is 0. The van der Waals surface area contributed by atoms with Gasteiger partial charge < -0.3 is 21.1 Å². The maximum Gasteiger partial charge on any atom is 0.337 e. The molecule has 0 spiro atoms. The van der Waals surface area contributed by atoms with E-state index in [1.54, 1.807) is 24.8 Å². The molecule has 0 aliphatic heterocycles. The highest BCUT2D eigenvalue weighted by Gasteiger charge is 2.19. The average Bonchev–Trinajstić information content (AvgIpc) is 2.43. The van der Waals surface area contributed by atoms with Crippen LogP contribution in [-0.2, 0) is 4.79 Å². The van der Waals surface area contributed by atoms with Gasteiger partial charge in [-0.1, -0.05) is 0 Å². The zero-order valence-corrected chi connectivity index (χ0v) is 12.9. The smallest absolute Gasteiger partial charge is 0.337 e. The minimum absolute atomic E-state index is 0.0219. The number of amides is 1. The Morgan fingerprint density at radius 2 is 1.90 bits per heavy atom. The molecule has 1 aromatic rings. The number of nitrogens with zero attached hydrogens (tertiary/aromatic N) is 1. The van der Waals surface area contributed by atoms with E-state index in [9.17, 15) is 9.59 Å². The highest BCUT2D eigenvalue weighted by atomic mass is 16.4. The Morgan fingerprint density at radius 1 is 1.33 bits per heavy atom. The normalized spacial score (nSPS) is 11.8. The van der Waals surface area contributed by atoms with E-state index in [-0.39, 0.29) is 17.2 Å². The van der Waals surface area contributed by atoms with Crippen LogP contribution in [0.4, 0.5) is 11.4 Å². The molecule has 6 nitrogen and oxygen atoms in total. The lowest BCUT2D eigenvalue weighted by Gasteiger charge is -2.24. The number of nitrogen functional groups attached to an aromatic ring is 1. The van der Waals surface area contributed by atoms with E-state index in [1.807, 2.05) is 13.8 Å². The van der Waals surface area contributed by atoms with E-state index in [0.717, 1.165) is 0 Å². The Hall–Kier alpha value is -2.24.